The van der Waals surface area contributed by atoms with Crippen molar-refractivity contribution in [2.24, 2.45) is 5.92 Å². The van der Waals surface area contributed by atoms with E-state index in [0.29, 0.717) is 23.8 Å². The maximum atomic E-state index is 12.7. The van der Waals surface area contributed by atoms with E-state index in [1.165, 1.54) is 12.1 Å². The Morgan fingerprint density at radius 2 is 1.68 bits per heavy atom. The minimum Gasteiger partial charge on any atom is -0.494 e. The van der Waals surface area contributed by atoms with Crippen molar-refractivity contribution in [2.45, 2.75) is 44.6 Å². The number of aliphatic carboxylic acids is 1. The fourth-order valence-electron chi connectivity index (χ4n) is 2.58. The van der Waals surface area contributed by atoms with Crippen LogP contribution in [0.15, 0.2) is 53.4 Å². The minimum absolute atomic E-state index is 0.0992. The van der Waals surface area contributed by atoms with Crippen molar-refractivity contribution in [3.8, 4) is 5.75 Å². The van der Waals surface area contributed by atoms with Crippen LogP contribution < -0.4 is 9.46 Å². The molecule has 0 aliphatic rings. The van der Waals surface area contributed by atoms with Crippen LogP contribution in [0.3, 0.4) is 0 Å². The van der Waals surface area contributed by atoms with Crippen molar-refractivity contribution in [3.63, 3.8) is 0 Å². The predicted molar refractivity (Wildman–Crippen MR) is 108 cm³/mol. The highest BCUT2D eigenvalue weighted by molar-refractivity contribution is 7.89. The van der Waals surface area contributed by atoms with Crippen LogP contribution in [-0.2, 0) is 14.8 Å². The molecule has 0 saturated heterocycles. The third-order valence-corrected chi connectivity index (χ3v) is 5.74. The Kier molecular flexibility index (Phi) is 7.60. The molecule has 28 heavy (non-hydrogen) atoms. The van der Waals surface area contributed by atoms with Gasteiger partial charge in [-0.15, -0.1) is 0 Å². The maximum Gasteiger partial charge on any atom is 0.305 e. The topological polar surface area (TPSA) is 92.7 Å². The lowest BCUT2D eigenvalue weighted by atomic mass is 10.0. The molecular weight excluding hydrogens is 378 g/mol. The van der Waals surface area contributed by atoms with E-state index >= 15 is 0 Å². The molecule has 2 rings (SSSR count). The first-order valence-corrected chi connectivity index (χ1v) is 10.7. The van der Waals surface area contributed by atoms with Gasteiger partial charge in [0.25, 0.3) is 0 Å². The van der Waals surface area contributed by atoms with Gasteiger partial charge in [-0.3, -0.25) is 4.79 Å². The Morgan fingerprint density at radius 3 is 2.21 bits per heavy atom. The molecule has 1 atom stereocenters. The van der Waals surface area contributed by atoms with Crippen LogP contribution in [0, 0.1) is 12.8 Å². The first-order valence-electron chi connectivity index (χ1n) is 9.21. The number of carboxylic acids is 1. The van der Waals surface area contributed by atoms with Crippen LogP contribution in [0.25, 0.3) is 0 Å². The lowest BCUT2D eigenvalue weighted by Crippen LogP contribution is -2.30. The molecule has 0 aromatic heterocycles. The number of hydrogen-bond acceptors (Lipinski definition) is 4. The molecule has 0 radical (unpaired) electrons. The Morgan fingerprint density at radius 1 is 1.07 bits per heavy atom. The molecule has 0 fully saturated rings. The number of rotatable bonds is 10. The van der Waals surface area contributed by atoms with Gasteiger partial charge in [0.05, 0.1) is 24.0 Å². The summed E-state index contributed by atoms with van der Waals surface area (Å²) in [6.45, 7) is 6.68. The molecular formula is C21H27NO5S. The maximum absolute atomic E-state index is 12.7. The number of benzene rings is 2. The number of aryl methyl sites for hydroxylation is 1. The summed E-state index contributed by atoms with van der Waals surface area (Å²) in [7, 11) is -3.85. The molecule has 2 aromatic rings. The highest BCUT2D eigenvalue weighted by atomic mass is 32.2. The summed E-state index contributed by atoms with van der Waals surface area (Å²) in [5.74, 6) is 0.115. The van der Waals surface area contributed by atoms with Crippen LogP contribution in [0.1, 0.15) is 43.9 Å². The molecule has 2 N–H and O–H groups in total. The zero-order valence-corrected chi connectivity index (χ0v) is 17.2. The highest BCUT2D eigenvalue weighted by Crippen LogP contribution is 2.23. The summed E-state index contributed by atoms with van der Waals surface area (Å²) < 4.78 is 33.5. The number of hydrogen-bond donors (Lipinski definition) is 2. The summed E-state index contributed by atoms with van der Waals surface area (Å²) in [6, 6.07) is 12.4. The molecule has 0 aliphatic heterocycles. The fourth-order valence-corrected chi connectivity index (χ4v) is 3.81. The quantitative estimate of drug-likeness (QED) is 0.625. The monoisotopic (exact) mass is 405 g/mol. The summed E-state index contributed by atoms with van der Waals surface area (Å²) in [5, 5.41) is 9.21. The van der Waals surface area contributed by atoms with Crippen LogP contribution in [0.2, 0.25) is 0 Å². The number of ether oxygens (including phenoxy) is 1. The van der Waals surface area contributed by atoms with Gasteiger partial charge in [0, 0.05) is 0 Å². The second-order valence-corrected chi connectivity index (χ2v) is 8.90. The van der Waals surface area contributed by atoms with E-state index in [0.717, 1.165) is 12.0 Å². The predicted octanol–water partition coefficient (Wildman–Crippen LogP) is 3.91. The summed E-state index contributed by atoms with van der Waals surface area (Å²) >= 11 is 0. The standard InChI is InChI=1S/C21H27NO5S/c1-15(2)12-13-27-18-8-6-17(7-9-18)20(14-21(23)24)22-28(25,26)19-10-4-16(3)5-11-19/h4-11,15,20,22H,12-14H2,1-3H3,(H,23,24). The van der Waals surface area contributed by atoms with E-state index in [4.69, 9.17) is 4.74 Å². The van der Waals surface area contributed by atoms with Gasteiger partial charge in [0.15, 0.2) is 0 Å². The molecule has 0 spiro atoms. The molecule has 152 valence electrons. The van der Waals surface area contributed by atoms with Crippen molar-refractivity contribution < 1.29 is 23.1 Å². The molecule has 0 saturated carbocycles. The van der Waals surface area contributed by atoms with E-state index in [-0.39, 0.29) is 11.3 Å². The van der Waals surface area contributed by atoms with Crippen LogP contribution in [0.4, 0.5) is 0 Å². The van der Waals surface area contributed by atoms with Crippen LogP contribution in [-0.4, -0.2) is 26.1 Å². The van der Waals surface area contributed by atoms with Gasteiger partial charge in [0.2, 0.25) is 10.0 Å². The number of carbonyl (C=O) groups is 1. The van der Waals surface area contributed by atoms with E-state index < -0.39 is 22.0 Å². The highest BCUT2D eigenvalue weighted by Gasteiger charge is 2.23. The molecule has 0 bridgehead atoms. The average molecular weight is 406 g/mol. The molecule has 6 nitrogen and oxygen atoms in total. The zero-order valence-electron chi connectivity index (χ0n) is 16.4. The molecule has 7 heteroatoms. The van der Waals surface area contributed by atoms with Crippen molar-refractivity contribution >= 4 is 16.0 Å². The fraction of sp³-hybridized carbons (Fsp3) is 0.381. The van der Waals surface area contributed by atoms with E-state index in [2.05, 4.69) is 18.6 Å². The van der Waals surface area contributed by atoms with Gasteiger partial charge in [-0.05, 0) is 49.1 Å². The van der Waals surface area contributed by atoms with Gasteiger partial charge in [-0.1, -0.05) is 43.7 Å². The van der Waals surface area contributed by atoms with Gasteiger partial charge in [-0.2, -0.15) is 0 Å². The molecule has 0 aliphatic carbocycles. The Balaban J connectivity index is 2.16. The third-order valence-electron chi connectivity index (χ3n) is 4.25. The zero-order chi connectivity index (χ0) is 20.7. The summed E-state index contributed by atoms with van der Waals surface area (Å²) in [6.07, 6.45) is 0.568. The van der Waals surface area contributed by atoms with Crippen molar-refractivity contribution in [1.29, 1.82) is 0 Å². The van der Waals surface area contributed by atoms with E-state index in [9.17, 15) is 18.3 Å². The molecule has 1 unspecified atom stereocenters. The van der Waals surface area contributed by atoms with Crippen molar-refractivity contribution in [3.05, 3.63) is 59.7 Å². The van der Waals surface area contributed by atoms with E-state index in [1.807, 2.05) is 6.92 Å². The first-order chi connectivity index (χ1) is 13.2. The minimum atomic E-state index is -3.85. The van der Waals surface area contributed by atoms with Crippen molar-refractivity contribution in [2.75, 3.05) is 6.61 Å². The Labute approximate surface area is 166 Å². The largest absolute Gasteiger partial charge is 0.494 e. The van der Waals surface area contributed by atoms with Gasteiger partial charge >= 0.3 is 5.97 Å². The van der Waals surface area contributed by atoms with Gasteiger partial charge < -0.3 is 9.84 Å². The second kappa shape index (κ2) is 9.71. The smallest absolute Gasteiger partial charge is 0.305 e. The normalized spacial score (nSPS) is 12.7. The molecule has 0 heterocycles. The summed E-state index contributed by atoms with van der Waals surface area (Å²) in [5.41, 5.74) is 1.50. The molecule has 2 aromatic carbocycles. The average Bonchev–Trinajstić information content (AvgIpc) is 2.61. The number of nitrogens with one attached hydrogen (secondary N) is 1. The van der Waals surface area contributed by atoms with Gasteiger partial charge in [0.1, 0.15) is 5.75 Å². The number of sulfonamides is 1. The lowest BCUT2D eigenvalue weighted by molar-refractivity contribution is -0.137. The van der Waals surface area contributed by atoms with Crippen LogP contribution >= 0.6 is 0 Å². The van der Waals surface area contributed by atoms with Crippen LogP contribution in [0.5, 0.6) is 5.75 Å². The van der Waals surface area contributed by atoms with Crippen molar-refractivity contribution in [1.82, 2.24) is 4.72 Å². The Bertz CT molecular complexity index is 874. The molecule has 0 amide bonds. The second-order valence-electron chi connectivity index (χ2n) is 7.18. The third kappa shape index (κ3) is 6.65. The number of carboxylic acid groups (broad SMARTS) is 1. The first kappa shape index (κ1) is 21.9. The lowest BCUT2D eigenvalue weighted by Gasteiger charge is -2.18. The Hall–Kier alpha value is -2.38. The SMILES string of the molecule is Cc1ccc(S(=O)(=O)NC(CC(=O)O)c2ccc(OCCC(C)C)cc2)cc1. The van der Waals surface area contributed by atoms with Gasteiger partial charge in [-0.25, -0.2) is 13.1 Å². The van der Waals surface area contributed by atoms with E-state index in [1.54, 1.807) is 36.4 Å². The summed E-state index contributed by atoms with van der Waals surface area (Å²) in [4.78, 5) is 11.4.